The van der Waals surface area contributed by atoms with Gasteiger partial charge in [-0.15, -0.1) is 11.3 Å². The number of carbonyl (C=O) groups is 1. The number of hydrogen-bond acceptors (Lipinski definition) is 3. The summed E-state index contributed by atoms with van der Waals surface area (Å²) in [5.74, 6) is -0.518. The van der Waals surface area contributed by atoms with E-state index in [9.17, 15) is 18.0 Å². The molecule has 19 heavy (non-hydrogen) atoms. The molecule has 108 valence electrons. The Hall–Kier alpha value is -1.11. The number of aromatic nitrogens is 1. The Balaban J connectivity index is 2.65. The van der Waals surface area contributed by atoms with Gasteiger partial charge >= 0.3 is 6.18 Å². The lowest BCUT2D eigenvalue weighted by molar-refractivity contribution is -0.161. The van der Waals surface area contributed by atoms with Crippen molar-refractivity contribution in [3.8, 4) is 0 Å². The van der Waals surface area contributed by atoms with Crippen LogP contribution in [0.25, 0.3) is 0 Å². The van der Waals surface area contributed by atoms with Crippen LogP contribution in [-0.4, -0.2) is 35.1 Å². The summed E-state index contributed by atoms with van der Waals surface area (Å²) in [5.41, 5.74) is 0.538. The Morgan fingerprint density at radius 2 is 2.16 bits per heavy atom. The van der Waals surface area contributed by atoms with E-state index in [2.05, 4.69) is 4.98 Å². The third-order valence-electron chi connectivity index (χ3n) is 2.50. The van der Waals surface area contributed by atoms with E-state index in [4.69, 9.17) is 0 Å². The van der Waals surface area contributed by atoms with E-state index in [-0.39, 0.29) is 13.0 Å². The van der Waals surface area contributed by atoms with Gasteiger partial charge in [-0.1, -0.05) is 13.3 Å². The predicted molar refractivity (Wildman–Crippen MR) is 68.1 cm³/mol. The monoisotopic (exact) mass is 294 g/mol. The van der Waals surface area contributed by atoms with E-state index in [1.165, 1.54) is 11.3 Å². The Morgan fingerprint density at radius 3 is 2.63 bits per heavy atom. The molecule has 0 bridgehead atoms. The molecule has 0 aliphatic rings. The van der Waals surface area contributed by atoms with E-state index in [1.807, 2.05) is 6.92 Å². The van der Waals surface area contributed by atoms with Gasteiger partial charge in [0.05, 0.1) is 17.1 Å². The minimum Gasteiger partial charge on any atom is -0.333 e. The summed E-state index contributed by atoms with van der Waals surface area (Å²) in [4.78, 5) is 16.9. The zero-order chi connectivity index (χ0) is 14.5. The maximum absolute atomic E-state index is 12.4. The molecule has 0 aliphatic carbocycles. The Labute approximate surface area is 114 Å². The molecule has 1 aromatic heterocycles. The topological polar surface area (TPSA) is 33.2 Å². The highest BCUT2D eigenvalue weighted by atomic mass is 32.1. The van der Waals surface area contributed by atoms with Gasteiger partial charge in [0.2, 0.25) is 5.91 Å². The highest BCUT2D eigenvalue weighted by Gasteiger charge is 2.32. The van der Waals surface area contributed by atoms with Gasteiger partial charge in [0.1, 0.15) is 6.54 Å². The second-order valence-electron chi connectivity index (χ2n) is 4.32. The van der Waals surface area contributed by atoms with Crippen LogP contribution in [0.3, 0.4) is 0 Å². The molecule has 0 fully saturated rings. The third kappa shape index (κ3) is 6.04. The summed E-state index contributed by atoms with van der Waals surface area (Å²) in [6, 6.07) is 0. The normalized spacial score (nSPS) is 11.6. The van der Waals surface area contributed by atoms with Crippen molar-refractivity contribution in [3.63, 3.8) is 0 Å². The van der Waals surface area contributed by atoms with E-state index in [1.54, 1.807) is 12.3 Å². The van der Waals surface area contributed by atoms with Crippen molar-refractivity contribution < 1.29 is 18.0 Å². The van der Waals surface area contributed by atoms with Gasteiger partial charge in [-0.3, -0.25) is 4.79 Å². The lowest BCUT2D eigenvalue weighted by Gasteiger charge is -2.23. The van der Waals surface area contributed by atoms with Crippen LogP contribution in [-0.2, 0) is 11.2 Å². The number of rotatable bonds is 6. The molecule has 0 radical (unpaired) electrons. The van der Waals surface area contributed by atoms with Crippen LogP contribution in [0.5, 0.6) is 0 Å². The summed E-state index contributed by atoms with van der Waals surface area (Å²) < 4.78 is 37.3. The zero-order valence-electron chi connectivity index (χ0n) is 11.0. The minimum absolute atomic E-state index is 0.0653. The molecular formula is C12H17F3N2OS. The number of amides is 1. The van der Waals surface area contributed by atoms with Crippen LogP contribution >= 0.6 is 11.3 Å². The zero-order valence-corrected chi connectivity index (χ0v) is 11.8. The molecule has 0 saturated carbocycles. The van der Waals surface area contributed by atoms with Crippen LogP contribution in [0, 0.1) is 6.92 Å². The lowest BCUT2D eigenvalue weighted by Crippen LogP contribution is -2.40. The molecule has 0 atom stereocenters. The minimum atomic E-state index is -4.36. The quantitative estimate of drug-likeness (QED) is 0.807. The van der Waals surface area contributed by atoms with Crippen LogP contribution in [0.2, 0.25) is 0 Å². The van der Waals surface area contributed by atoms with E-state index >= 15 is 0 Å². The lowest BCUT2D eigenvalue weighted by atomic mass is 10.2. The first-order chi connectivity index (χ1) is 8.81. The molecule has 0 saturated heterocycles. The molecular weight excluding hydrogens is 277 g/mol. The smallest absolute Gasteiger partial charge is 0.333 e. The van der Waals surface area contributed by atoms with Crippen molar-refractivity contribution in [2.45, 2.75) is 39.3 Å². The maximum atomic E-state index is 12.4. The van der Waals surface area contributed by atoms with E-state index < -0.39 is 18.6 Å². The third-order valence-corrected chi connectivity index (χ3v) is 3.33. The van der Waals surface area contributed by atoms with Gasteiger partial charge in [0, 0.05) is 11.9 Å². The molecule has 1 amide bonds. The number of nitrogens with zero attached hydrogens (tertiary/aromatic N) is 2. The first-order valence-electron chi connectivity index (χ1n) is 6.07. The molecule has 3 nitrogen and oxygen atoms in total. The number of alkyl halides is 3. The molecule has 0 aliphatic heterocycles. The highest BCUT2D eigenvalue weighted by molar-refractivity contribution is 7.09. The summed E-state index contributed by atoms with van der Waals surface area (Å²) in [5, 5.41) is 2.51. The van der Waals surface area contributed by atoms with Crippen molar-refractivity contribution in [3.05, 3.63) is 16.1 Å². The van der Waals surface area contributed by atoms with Gasteiger partial charge in [-0.05, 0) is 13.3 Å². The summed E-state index contributed by atoms with van der Waals surface area (Å²) in [6.07, 6.45) is -3.11. The Morgan fingerprint density at radius 1 is 1.47 bits per heavy atom. The largest absolute Gasteiger partial charge is 0.406 e. The molecule has 7 heteroatoms. The van der Waals surface area contributed by atoms with Crippen LogP contribution in [0.15, 0.2) is 5.38 Å². The van der Waals surface area contributed by atoms with Gasteiger partial charge < -0.3 is 4.90 Å². The summed E-state index contributed by atoms with van der Waals surface area (Å²) >= 11 is 1.39. The van der Waals surface area contributed by atoms with Crippen LogP contribution in [0.4, 0.5) is 13.2 Å². The van der Waals surface area contributed by atoms with Crippen molar-refractivity contribution in [1.82, 2.24) is 9.88 Å². The molecule has 0 unspecified atom stereocenters. The molecule has 0 N–H and O–H groups in total. The van der Waals surface area contributed by atoms with Crippen molar-refractivity contribution >= 4 is 17.2 Å². The van der Waals surface area contributed by atoms with Crippen molar-refractivity contribution in [2.24, 2.45) is 0 Å². The number of unbranched alkanes of at least 4 members (excludes halogenated alkanes) is 1. The number of hydrogen-bond donors (Lipinski definition) is 0. The van der Waals surface area contributed by atoms with E-state index in [0.29, 0.717) is 12.1 Å². The van der Waals surface area contributed by atoms with Gasteiger partial charge in [0.15, 0.2) is 0 Å². The van der Waals surface area contributed by atoms with E-state index in [0.717, 1.165) is 16.3 Å². The van der Waals surface area contributed by atoms with Crippen LogP contribution in [0.1, 0.15) is 30.5 Å². The predicted octanol–water partition coefficient (Wildman–Crippen LogP) is 3.19. The average Bonchev–Trinajstić information content (AvgIpc) is 2.68. The molecule has 1 heterocycles. The van der Waals surface area contributed by atoms with Crippen molar-refractivity contribution in [2.75, 3.05) is 13.1 Å². The van der Waals surface area contributed by atoms with Crippen LogP contribution < -0.4 is 0 Å². The van der Waals surface area contributed by atoms with Crippen molar-refractivity contribution in [1.29, 1.82) is 0 Å². The number of carbonyl (C=O) groups excluding carboxylic acids is 1. The number of thiazole rings is 1. The standard InChI is InChI=1S/C12H17F3N2OS/c1-3-4-5-17(8-12(13,14)15)11(18)6-10-7-19-9(2)16-10/h7H,3-6,8H2,1-2H3. The fraction of sp³-hybridized carbons (Fsp3) is 0.667. The first kappa shape index (κ1) is 15.9. The fourth-order valence-electron chi connectivity index (χ4n) is 1.61. The maximum Gasteiger partial charge on any atom is 0.406 e. The molecule has 1 aromatic rings. The SMILES string of the molecule is CCCCN(CC(F)(F)F)C(=O)Cc1csc(C)n1. The molecule has 0 spiro atoms. The highest BCUT2D eigenvalue weighted by Crippen LogP contribution is 2.18. The number of halogens is 3. The van der Waals surface area contributed by atoms with Gasteiger partial charge in [0.25, 0.3) is 0 Å². The summed E-state index contributed by atoms with van der Waals surface area (Å²) in [6.45, 7) is 2.62. The average molecular weight is 294 g/mol. The fourth-order valence-corrected chi connectivity index (χ4v) is 2.23. The second kappa shape index (κ2) is 6.88. The summed E-state index contributed by atoms with van der Waals surface area (Å²) in [7, 11) is 0. The first-order valence-corrected chi connectivity index (χ1v) is 6.95. The number of aryl methyl sites for hydroxylation is 1. The Kier molecular flexibility index (Phi) is 5.78. The van der Waals surface area contributed by atoms with Gasteiger partial charge in [-0.25, -0.2) is 4.98 Å². The second-order valence-corrected chi connectivity index (χ2v) is 5.38. The Bertz CT molecular complexity index is 417. The molecule has 0 aromatic carbocycles. The molecule has 1 rings (SSSR count). The van der Waals surface area contributed by atoms with Gasteiger partial charge in [-0.2, -0.15) is 13.2 Å².